The maximum Gasteiger partial charge on any atom is 0.211 e. The van der Waals surface area contributed by atoms with E-state index >= 15 is 0 Å². The van der Waals surface area contributed by atoms with Gasteiger partial charge < -0.3 is 10.1 Å². The highest BCUT2D eigenvalue weighted by molar-refractivity contribution is 7.89. The number of hydrogen-bond donors (Lipinski definition) is 2. The summed E-state index contributed by atoms with van der Waals surface area (Å²) < 4.78 is 31.3. The second-order valence-corrected chi connectivity index (χ2v) is 7.12. The van der Waals surface area contributed by atoms with Crippen molar-refractivity contribution in [1.29, 1.82) is 0 Å². The molecule has 0 spiro atoms. The van der Waals surface area contributed by atoms with Gasteiger partial charge in [0.25, 0.3) is 0 Å². The minimum atomic E-state index is -3.11. The quantitative estimate of drug-likeness (QED) is 0.499. The van der Waals surface area contributed by atoms with E-state index in [0.717, 1.165) is 38.5 Å². The van der Waals surface area contributed by atoms with Gasteiger partial charge in [0.05, 0.1) is 5.75 Å². The van der Waals surface area contributed by atoms with E-state index in [2.05, 4.69) is 17.0 Å². The van der Waals surface area contributed by atoms with Gasteiger partial charge in [-0.05, 0) is 51.1 Å². The largest absolute Gasteiger partial charge is 0.381 e. The molecule has 1 rings (SSSR count). The Labute approximate surface area is 117 Å². The van der Waals surface area contributed by atoms with E-state index in [1.807, 2.05) is 0 Å². The molecule has 0 aliphatic heterocycles. The van der Waals surface area contributed by atoms with E-state index in [9.17, 15) is 8.42 Å². The Morgan fingerprint density at radius 1 is 1.16 bits per heavy atom. The van der Waals surface area contributed by atoms with Gasteiger partial charge in [-0.2, -0.15) is 0 Å². The first-order chi connectivity index (χ1) is 9.14. The first-order valence-electron chi connectivity index (χ1n) is 7.40. The Bertz CT molecular complexity index is 316. The molecule has 0 heterocycles. The average molecular weight is 292 g/mol. The molecule has 0 radical (unpaired) electrons. The summed E-state index contributed by atoms with van der Waals surface area (Å²) >= 11 is 0. The third kappa shape index (κ3) is 10.3. The summed E-state index contributed by atoms with van der Waals surface area (Å²) in [6.07, 6.45) is 5.07. The molecule has 1 saturated carbocycles. The maximum atomic E-state index is 11.6. The van der Waals surface area contributed by atoms with Gasteiger partial charge in [-0.1, -0.05) is 6.92 Å². The lowest BCUT2D eigenvalue weighted by atomic mass is 10.4. The van der Waals surface area contributed by atoms with E-state index in [-0.39, 0.29) is 5.75 Å². The molecule has 5 nitrogen and oxygen atoms in total. The molecule has 0 aromatic carbocycles. The molecule has 0 aromatic rings. The van der Waals surface area contributed by atoms with Crippen LogP contribution in [0.25, 0.3) is 0 Å². The molecule has 1 fully saturated rings. The molecule has 1 aliphatic carbocycles. The highest BCUT2D eigenvalue weighted by Crippen LogP contribution is 2.28. The first-order valence-corrected chi connectivity index (χ1v) is 9.05. The topological polar surface area (TPSA) is 67.4 Å². The van der Waals surface area contributed by atoms with Crippen LogP contribution in [0, 0.1) is 5.92 Å². The van der Waals surface area contributed by atoms with Gasteiger partial charge in [0.15, 0.2) is 0 Å². The first kappa shape index (κ1) is 16.9. The molecule has 0 unspecified atom stereocenters. The smallest absolute Gasteiger partial charge is 0.211 e. The number of rotatable bonds is 13. The van der Waals surface area contributed by atoms with E-state index in [4.69, 9.17) is 4.74 Å². The van der Waals surface area contributed by atoms with Crippen LogP contribution in [0.15, 0.2) is 0 Å². The van der Waals surface area contributed by atoms with Crippen molar-refractivity contribution in [2.24, 2.45) is 5.92 Å². The van der Waals surface area contributed by atoms with Crippen LogP contribution in [0.1, 0.15) is 39.0 Å². The lowest BCUT2D eigenvalue weighted by Gasteiger charge is -2.07. The fraction of sp³-hybridized carbons (Fsp3) is 1.00. The van der Waals surface area contributed by atoms with Crippen LogP contribution in [0.4, 0.5) is 0 Å². The van der Waals surface area contributed by atoms with Crippen LogP contribution in [0.3, 0.4) is 0 Å². The normalized spacial score (nSPS) is 15.8. The fourth-order valence-corrected chi connectivity index (χ4v) is 2.82. The lowest BCUT2D eigenvalue weighted by Crippen LogP contribution is -2.29. The number of hydrogen-bond acceptors (Lipinski definition) is 4. The molecule has 0 saturated heterocycles. The van der Waals surface area contributed by atoms with Crippen LogP contribution < -0.4 is 10.0 Å². The minimum absolute atomic E-state index is 0.201. The summed E-state index contributed by atoms with van der Waals surface area (Å²) in [6.45, 7) is 5.78. The van der Waals surface area contributed by atoms with Crippen LogP contribution >= 0.6 is 0 Å². The number of ether oxygens (including phenoxy) is 1. The molecular weight excluding hydrogens is 264 g/mol. The maximum absolute atomic E-state index is 11.6. The standard InChI is InChI=1S/C13H28N2O3S/c1-2-7-14-8-4-11-19(16,17)15-9-3-10-18-12-13-5-6-13/h13-15H,2-12H2,1H3. The molecular formula is C13H28N2O3S. The zero-order valence-corrected chi connectivity index (χ0v) is 12.8. The number of nitrogens with one attached hydrogen (secondary N) is 2. The molecule has 2 N–H and O–H groups in total. The molecule has 1 aliphatic rings. The molecule has 114 valence electrons. The third-order valence-electron chi connectivity index (χ3n) is 3.03. The van der Waals surface area contributed by atoms with Crippen LogP contribution in [0.5, 0.6) is 0 Å². The van der Waals surface area contributed by atoms with Crippen molar-refractivity contribution < 1.29 is 13.2 Å². The molecule has 0 amide bonds. The Morgan fingerprint density at radius 3 is 2.63 bits per heavy atom. The number of sulfonamides is 1. The van der Waals surface area contributed by atoms with Crippen molar-refractivity contribution in [1.82, 2.24) is 10.0 Å². The van der Waals surface area contributed by atoms with Gasteiger partial charge in [-0.15, -0.1) is 0 Å². The van der Waals surface area contributed by atoms with Gasteiger partial charge in [0.1, 0.15) is 0 Å². The summed E-state index contributed by atoms with van der Waals surface area (Å²) in [7, 11) is -3.11. The molecule has 0 atom stereocenters. The lowest BCUT2D eigenvalue weighted by molar-refractivity contribution is 0.123. The van der Waals surface area contributed by atoms with E-state index < -0.39 is 10.0 Å². The van der Waals surface area contributed by atoms with Gasteiger partial charge >= 0.3 is 0 Å². The Kier molecular flexibility index (Phi) is 8.61. The van der Waals surface area contributed by atoms with Crippen molar-refractivity contribution in [3.05, 3.63) is 0 Å². The molecule has 0 aromatic heterocycles. The monoisotopic (exact) mass is 292 g/mol. The van der Waals surface area contributed by atoms with Gasteiger partial charge in [-0.25, -0.2) is 13.1 Å². The predicted octanol–water partition coefficient (Wildman–Crippen LogP) is 1.11. The fourth-order valence-electron chi connectivity index (χ4n) is 1.70. The van der Waals surface area contributed by atoms with Crippen molar-refractivity contribution in [2.75, 3.05) is 38.6 Å². The van der Waals surface area contributed by atoms with Crippen molar-refractivity contribution in [3.8, 4) is 0 Å². The highest BCUT2D eigenvalue weighted by atomic mass is 32.2. The SMILES string of the molecule is CCCNCCCS(=O)(=O)NCCCOCC1CC1. The van der Waals surface area contributed by atoms with Gasteiger partial charge in [0.2, 0.25) is 10.0 Å². The minimum Gasteiger partial charge on any atom is -0.381 e. The molecule has 19 heavy (non-hydrogen) atoms. The summed E-state index contributed by atoms with van der Waals surface area (Å²) in [4.78, 5) is 0. The van der Waals surface area contributed by atoms with E-state index in [1.165, 1.54) is 12.8 Å². The van der Waals surface area contributed by atoms with Crippen molar-refractivity contribution in [3.63, 3.8) is 0 Å². The summed E-state index contributed by atoms with van der Waals surface area (Å²) in [5.41, 5.74) is 0. The van der Waals surface area contributed by atoms with E-state index in [1.54, 1.807) is 0 Å². The predicted molar refractivity (Wildman–Crippen MR) is 77.7 cm³/mol. The van der Waals surface area contributed by atoms with Crippen LogP contribution in [-0.4, -0.2) is 47.0 Å². The van der Waals surface area contributed by atoms with E-state index in [0.29, 0.717) is 19.6 Å². The Morgan fingerprint density at radius 2 is 1.95 bits per heavy atom. The van der Waals surface area contributed by atoms with Gasteiger partial charge in [0, 0.05) is 19.8 Å². The van der Waals surface area contributed by atoms with Crippen molar-refractivity contribution in [2.45, 2.75) is 39.0 Å². The third-order valence-corrected chi connectivity index (χ3v) is 4.50. The Hall–Kier alpha value is -0.170. The summed E-state index contributed by atoms with van der Waals surface area (Å²) in [5, 5.41) is 3.20. The summed E-state index contributed by atoms with van der Waals surface area (Å²) in [6, 6.07) is 0. The molecule has 6 heteroatoms. The summed E-state index contributed by atoms with van der Waals surface area (Å²) in [5.74, 6) is 0.972. The zero-order valence-electron chi connectivity index (χ0n) is 12.0. The Balaban J connectivity index is 1.90. The highest BCUT2D eigenvalue weighted by Gasteiger charge is 2.20. The second-order valence-electron chi connectivity index (χ2n) is 5.19. The van der Waals surface area contributed by atoms with Crippen LogP contribution in [-0.2, 0) is 14.8 Å². The van der Waals surface area contributed by atoms with Gasteiger partial charge in [-0.3, -0.25) is 0 Å². The zero-order chi connectivity index (χ0) is 14.0. The van der Waals surface area contributed by atoms with Crippen LogP contribution in [0.2, 0.25) is 0 Å². The molecule has 0 bridgehead atoms. The average Bonchev–Trinajstić information content (AvgIpc) is 3.17. The second kappa shape index (κ2) is 9.69. The van der Waals surface area contributed by atoms with Crippen molar-refractivity contribution >= 4 is 10.0 Å².